The minimum absolute atomic E-state index is 0.00570. The van der Waals surface area contributed by atoms with E-state index in [9.17, 15) is 14.9 Å². The summed E-state index contributed by atoms with van der Waals surface area (Å²) in [6.07, 6.45) is 2.26. The van der Waals surface area contributed by atoms with Crippen molar-refractivity contribution in [2.24, 2.45) is 5.92 Å². The van der Waals surface area contributed by atoms with Crippen LogP contribution in [0.5, 0.6) is 0 Å². The van der Waals surface area contributed by atoms with Crippen molar-refractivity contribution in [1.29, 1.82) is 0 Å². The summed E-state index contributed by atoms with van der Waals surface area (Å²) in [5, 5.41) is 10.8. The fourth-order valence-electron chi connectivity index (χ4n) is 3.72. The van der Waals surface area contributed by atoms with Gasteiger partial charge in [-0.05, 0) is 36.0 Å². The molecule has 26 heavy (non-hydrogen) atoms. The average Bonchev–Trinajstić information content (AvgIpc) is 3.12. The van der Waals surface area contributed by atoms with E-state index in [-0.39, 0.29) is 10.8 Å². The minimum atomic E-state index is -0.441. The summed E-state index contributed by atoms with van der Waals surface area (Å²) in [5.74, 6) is 0.455. The van der Waals surface area contributed by atoms with Crippen LogP contribution in [0.2, 0.25) is 0 Å². The molecule has 138 valence electrons. The number of fused-ring (bicyclic) bond motifs is 1. The van der Waals surface area contributed by atoms with Crippen LogP contribution >= 0.6 is 11.3 Å². The summed E-state index contributed by atoms with van der Waals surface area (Å²) in [7, 11) is 0. The standard InChI is InChI=1S/C20H24N2O3S/c1-14(2)17(21-12-11-15-5-3-4-6-16(15)13-21)7-8-18(23)19-9-10-20(26-19)22(24)25/h3-6,9-10,14,17H,7-8,11-13H2,1-2H3. The second kappa shape index (κ2) is 8.10. The molecule has 1 aromatic carbocycles. The molecule has 1 atom stereocenters. The number of hydrogen-bond acceptors (Lipinski definition) is 5. The zero-order valence-electron chi connectivity index (χ0n) is 15.2. The van der Waals surface area contributed by atoms with Crippen molar-refractivity contribution in [3.63, 3.8) is 0 Å². The maximum atomic E-state index is 12.5. The Morgan fingerprint density at radius 1 is 1.23 bits per heavy atom. The van der Waals surface area contributed by atoms with E-state index < -0.39 is 4.92 Å². The Bertz CT molecular complexity index is 800. The molecule has 1 unspecified atom stereocenters. The molecule has 0 fully saturated rings. The van der Waals surface area contributed by atoms with Gasteiger partial charge in [0, 0.05) is 31.6 Å². The SMILES string of the molecule is CC(C)C(CCC(=O)c1ccc([N+](=O)[O-])s1)N1CCc2ccccc2C1. The second-order valence-corrected chi connectivity index (χ2v) is 8.22. The normalized spacial score (nSPS) is 15.7. The number of benzene rings is 1. The summed E-state index contributed by atoms with van der Waals surface area (Å²) in [4.78, 5) is 25.8. The smallest absolute Gasteiger partial charge is 0.296 e. The average molecular weight is 372 g/mol. The van der Waals surface area contributed by atoms with E-state index in [1.807, 2.05) is 0 Å². The van der Waals surface area contributed by atoms with Crippen LogP contribution in [-0.4, -0.2) is 28.2 Å². The van der Waals surface area contributed by atoms with Crippen LogP contribution in [0.1, 0.15) is 47.5 Å². The lowest BCUT2D eigenvalue weighted by Crippen LogP contribution is -2.42. The van der Waals surface area contributed by atoms with E-state index in [4.69, 9.17) is 0 Å². The van der Waals surface area contributed by atoms with Crippen molar-refractivity contribution >= 4 is 22.1 Å². The van der Waals surface area contributed by atoms with Crippen LogP contribution < -0.4 is 0 Å². The number of nitro groups is 1. The zero-order chi connectivity index (χ0) is 18.7. The third-order valence-corrected chi connectivity index (χ3v) is 6.19. The van der Waals surface area contributed by atoms with Crippen molar-refractivity contribution in [1.82, 2.24) is 4.90 Å². The van der Waals surface area contributed by atoms with Gasteiger partial charge in [0.15, 0.2) is 5.78 Å². The molecule has 6 heteroatoms. The Hall–Kier alpha value is -2.05. The van der Waals surface area contributed by atoms with Crippen LogP contribution in [0, 0.1) is 16.0 Å². The van der Waals surface area contributed by atoms with Gasteiger partial charge in [0.25, 0.3) is 0 Å². The Balaban J connectivity index is 1.64. The van der Waals surface area contributed by atoms with Crippen molar-refractivity contribution in [3.8, 4) is 0 Å². The lowest BCUT2D eigenvalue weighted by atomic mass is 9.92. The molecule has 1 aliphatic heterocycles. The molecule has 0 saturated carbocycles. The molecule has 2 heterocycles. The first-order valence-electron chi connectivity index (χ1n) is 9.04. The number of thiophene rings is 1. The first kappa shape index (κ1) is 18.7. The van der Waals surface area contributed by atoms with Crippen LogP contribution in [0.4, 0.5) is 5.00 Å². The highest BCUT2D eigenvalue weighted by atomic mass is 32.1. The molecule has 0 spiro atoms. The molecular formula is C20H24N2O3S. The summed E-state index contributed by atoms with van der Waals surface area (Å²) >= 11 is 0.973. The van der Waals surface area contributed by atoms with E-state index >= 15 is 0 Å². The topological polar surface area (TPSA) is 63.4 Å². The van der Waals surface area contributed by atoms with Gasteiger partial charge in [0.2, 0.25) is 0 Å². The molecular weight excluding hydrogens is 348 g/mol. The van der Waals surface area contributed by atoms with Gasteiger partial charge in [-0.1, -0.05) is 49.4 Å². The molecule has 3 rings (SSSR count). The number of carbonyl (C=O) groups excluding carboxylic acids is 1. The van der Waals surface area contributed by atoms with Gasteiger partial charge in [0.1, 0.15) is 0 Å². The molecule has 0 N–H and O–H groups in total. The third kappa shape index (κ3) is 4.19. The number of hydrogen-bond donors (Lipinski definition) is 0. The largest absolute Gasteiger partial charge is 0.324 e. The van der Waals surface area contributed by atoms with Gasteiger partial charge in [-0.3, -0.25) is 19.8 Å². The monoisotopic (exact) mass is 372 g/mol. The number of carbonyl (C=O) groups is 1. The summed E-state index contributed by atoms with van der Waals surface area (Å²) in [5.41, 5.74) is 2.80. The van der Waals surface area contributed by atoms with E-state index in [1.165, 1.54) is 17.2 Å². The Kier molecular flexibility index (Phi) is 5.84. The van der Waals surface area contributed by atoms with Gasteiger partial charge in [-0.2, -0.15) is 0 Å². The van der Waals surface area contributed by atoms with Crippen molar-refractivity contribution in [2.45, 2.75) is 45.7 Å². The lowest BCUT2D eigenvalue weighted by molar-refractivity contribution is -0.380. The van der Waals surface area contributed by atoms with Gasteiger partial charge in [-0.15, -0.1) is 0 Å². The van der Waals surface area contributed by atoms with Crippen LogP contribution in [0.3, 0.4) is 0 Å². The fraction of sp³-hybridized carbons (Fsp3) is 0.450. The van der Waals surface area contributed by atoms with Gasteiger partial charge in [-0.25, -0.2) is 0 Å². The maximum Gasteiger partial charge on any atom is 0.324 e. The highest BCUT2D eigenvalue weighted by molar-refractivity contribution is 7.17. The summed E-state index contributed by atoms with van der Waals surface area (Å²) < 4.78 is 0. The molecule has 0 saturated heterocycles. The van der Waals surface area contributed by atoms with E-state index in [2.05, 4.69) is 43.0 Å². The number of rotatable bonds is 7. The molecule has 1 aromatic heterocycles. The minimum Gasteiger partial charge on any atom is -0.296 e. The molecule has 1 aliphatic rings. The van der Waals surface area contributed by atoms with Gasteiger partial charge >= 0.3 is 5.00 Å². The van der Waals surface area contributed by atoms with Crippen molar-refractivity contribution < 1.29 is 9.72 Å². The van der Waals surface area contributed by atoms with Crippen LogP contribution in [-0.2, 0) is 13.0 Å². The zero-order valence-corrected chi connectivity index (χ0v) is 16.0. The van der Waals surface area contributed by atoms with E-state index in [0.717, 1.165) is 37.3 Å². The Morgan fingerprint density at radius 3 is 2.62 bits per heavy atom. The van der Waals surface area contributed by atoms with E-state index in [1.54, 1.807) is 6.07 Å². The lowest BCUT2D eigenvalue weighted by Gasteiger charge is -2.38. The summed E-state index contributed by atoms with van der Waals surface area (Å²) in [6.45, 7) is 6.34. The maximum absolute atomic E-state index is 12.5. The van der Waals surface area contributed by atoms with Crippen LogP contribution in [0.25, 0.3) is 0 Å². The molecule has 2 aromatic rings. The Morgan fingerprint density at radius 2 is 1.96 bits per heavy atom. The number of ketones is 1. The van der Waals surface area contributed by atoms with Crippen molar-refractivity contribution in [2.75, 3.05) is 6.54 Å². The molecule has 0 radical (unpaired) electrons. The van der Waals surface area contributed by atoms with E-state index in [0.29, 0.717) is 23.3 Å². The second-order valence-electron chi connectivity index (χ2n) is 7.16. The Labute approximate surface area is 157 Å². The number of Topliss-reactive ketones (excluding diaryl/α,β-unsaturated/α-hetero) is 1. The third-order valence-electron chi connectivity index (χ3n) is 5.11. The molecule has 0 amide bonds. The summed E-state index contributed by atoms with van der Waals surface area (Å²) in [6, 6.07) is 11.9. The first-order valence-corrected chi connectivity index (χ1v) is 9.85. The first-order chi connectivity index (χ1) is 12.5. The van der Waals surface area contributed by atoms with Gasteiger partial charge < -0.3 is 0 Å². The van der Waals surface area contributed by atoms with Crippen molar-refractivity contribution in [3.05, 3.63) is 62.5 Å². The fourth-order valence-corrected chi connectivity index (χ4v) is 4.50. The van der Waals surface area contributed by atoms with Crippen LogP contribution in [0.15, 0.2) is 36.4 Å². The highest BCUT2D eigenvalue weighted by Crippen LogP contribution is 2.28. The predicted octanol–water partition coefficient (Wildman–Crippen LogP) is 4.70. The highest BCUT2D eigenvalue weighted by Gasteiger charge is 2.26. The number of nitrogens with zero attached hydrogens (tertiary/aromatic N) is 2. The van der Waals surface area contributed by atoms with Gasteiger partial charge in [0.05, 0.1) is 9.80 Å². The molecule has 0 bridgehead atoms. The predicted molar refractivity (Wildman–Crippen MR) is 104 cm³/mol. The molecule has 0 aliphatic carbocycles. The quantitative estimate of drug-likeness (QED) is 0.401. The molecule has 5 nitrogen and oxygen atoms in total.